The predicted octanol–water partition coefficient (Wildman–Crippen LogP) is 0.545. The van der Waals surface area contributed by atoms with E-state index < -0.39 is 0 Å². The molecule has 1 rings (SSSR count). The van der Waals surface area contributed by atoms with Crippen LogP contribution in [0, 0.1) is 0 Å². The van der Waals surface area contributed by atoms with E-state index in [0.29, 0.717) is 6.29 Å². The van der Waals surface area contributed by atoms with E-state index in [-0.39, 0.29) is 5.76 Å². The molecule has 0 unspecified atom stereocenters. The minimum Gasteiger partial charge on any atom is -0.465 e. The van der Waals surface area contributed by atoms with E-state index in [2.05, 4.69) is 9.47 Å². The first-order valence-electron chi connectivity index (χ1n) is 2.06. The number of hydrogen-bond acceptors (Lipinski definition) is 3. The molecule has 3 nitrogen and oxygen atoms in total. The van der Waals surface area contributed by atoms with Crippen LogP contribution >= 0.6 is 0 Å². The zero-order chi connectivity index (χ0) is 5.82. The second kappa shape index (κ2) is 2.16. The molecule has 8 heavy (non-hydrogen) atoms. The number of aldehydes is 1. The van der Waals surface area contributed by atoms with Crippen LogP contribution in [0.3, 0.4) is 0 Å². The van der Waals surface area contributed by atoms with Gasteiger partial charge >= 0.3 is 0 Å². The Kier molecular flexibility index (Phi) is 1.32. The fourth-order valence-electron chi connectivity index (χ4n) is 0.328. The Bertz CT molecular complexity index is 146. The van der Waals surface area contributed by atoms with Gasteiger partial charge < -0.3 is 9.47 Å². The number of ether oxygens (including phenoxy) is 2. The predicted molar refractivity (Wildman–Crippen MR) is 25.5 cm³/mol. The van der Waals surface area contributed by atoms with E-state index in [9.17, 15) is 4.79 Å². The number of rotatable bonds is 1. The van der Waals surface area contributed by atoms with E-state index in [1.807, 2.05) is 0 Å². The molecule has 0 radical (unpaired) electrons. The van der Waals surface area contributed by atoms with Gasteiger partial charge in [0, 0.05) is 0 Å². The molecule has 1 aliphatic heterocycles. The van der Waals surface area contributed by atoms with Gasteiger partial charge in [-0.15, -0.1) is 0 Å². The van der Waals surface area contributed by atoms with Gasteiger partial charge in [-0.25, -0.2) is 0 Å². The number of carbonyl (C=O) groups excluding carboxylic acids is 1. The molecule has 0 aromatic carbocycles. The van der Waals surface area contributed by atoms with Crippen LogP contribution in [0.25, 0.3) is 0 Å². The second-order valence-corrected chi connectivity index (χ2v) is 1.16. The highest BCUT2D eigenvalue weighted by Crippen LogP contribution is 2.00. The summed E-state index contributed by atoms with van der Waals surface area (Å²) in [6, 6.07) is 0. The molecule has 1 heterocycles. The first-order valence-corrected chi connectivity index (χ1v) is 2.06. The summed E-state index contributed by atoms with van der Waals surface area (Å²) in [5, 5.41) is 0. The number of carbonyl (C=O) groups is 1. The molecule has 3 heteroatoms. The minimum atomic E-state index is 0.188. The van der Waals surface area contributed by atoms with Crippen molar-refractivity contribution in [2.45, 2.75) is 0 Å². The van der Waals surface area contributed by atoms with E-state index in [1.165, 1.54) is 18.8 Å². The third-order valence-electron chi connectivity index (χ3n) is 0.639. The lowest BCUT2D eigenvalue weighted by Crippen LogP contribution is -1.91. The topological polar surface area (TPSA) is 35.5 Å². The molecular formula is C5H4O3. The van der Waals surface area contributed by atoms with E-state index in [4.69, 9.17) is 0 Å². The van der Waals surface area contributed by atoms with Crippen molar-refractivity contribution in [3.8, 4) is 0 Å². The summed E-state index contributed by atoms with van der Waals surface area (Å²) in [4.78, 5) is 9.85. The summed E-state index contributed by atoms with van der Waals surface area (Å²) in [5.41, 5.74) is 0. The van der Waals surface area contributed by atoms with Crippen molar-refractivity contribution in [3.63, 3.8) is 0 Å². The molecular weight excluding hydrogens is 108 g/mol. The normalized spacial score (nSPS) is 15.8. The monoisotopic (exact) mass is 112 g/mol. The van der Waals surface area contributed by atoms with Crippen molar-refractivity contribution in [3.05, 3.63) is 24.5 Å². The quantitative estimate of drug-likeness (QED) is 0.464. The lowest BCUT2D eigenvalue weighted by Gasteiger charge is -2.01. The molecule has 42 valence electrons. The lowest BCUT2D eigenvalue weighted by molar-refractivity contribution is -0.107. The Morgan fingerprint density at radius 3 is 2.75 bits per heavy atom. The fourth-order valence-corrected chi connectivity index (χ4v) is 0.328. The van der Waals surface area contributed by atoms with Crippen molar-refractivity contribution >= 4 is 6.29 Å². The molecule has 1 aliphatic rings. The summed E-state index contributed by atoms with van der Waals surface area (Å²) in [6.45, 7) is 0. The molecule has 0 spiro atoms. The standard InChI is InChI=1S/C5H4O3/c6-3-5-4-7-1-2-8-5/h1-4H. The van der Waals surface area contributed by atoms with Gasteiger partial charge in [0.2, 0.25) is 5.76 Å². The van der Waals surface area contributed by atoms with Crippen LogP contribution in [0.2, 0.25) is 0 Å². The summed E-state index contributed by atoms with van der Waals surface area (Å²) in [5.74, 6) is 0.188. The Labute approximate surface area is 46.2 Å². The largest absolute Gasteiger partial charge is 0.465 e. The van der Waals surface area contributed by atoms with Gasteiger partial charge in [-0.05, 0) is 0 Å². The fraction of sp³-hybridized carbons (Fsp3) is 0. The van der Waals surface area contributed by atoms with Gasteiger partial charge in [-0.2, -0.15) is 0 Å². The first kappa shape index (κ1) is 4.90. The Morgan fingerprint density at radius 1 is 1.50 bits per heavy atom. The molecule has 0 fully saturated rings. The van der Waals surface area contributed by atoms with Crippen molar-refractivity contribution < 1.29 is 14.3 Å². The van der Waals surface area contributed by atoms with Gasteiger partial charge in [0.25, 0.3) is 0 Å². The third-order valence-corrected chi connectivity index (χ3v) is 0.639. The van der Waals surface area contributed by atoms with E-state index in [0.717, 1.165) is 0 Å². The Balaban J connectivity index is 2.55. The van der Waals surface area contributed by atoms with Crippen molar-refractivity contribution in [1.82, 2.24) is 0 Å². The average molecular weight is 112 g/mol. The lowest BCUT2D eigenvalue weighted by atomic mass is 10.6. The van der Waals surface area contributed by atoms with Gasteiger partial charge in [0.05, 0.1) is 0 Å². The Hall–Kier alpha value is -1.25. The second-order valence-electron chi connectivity index (χ2n) is 1.16. The van der Waals surface area contributed by atoms with Crippen molar-refractivity contribution in [2.75, 3.05) is 0 Å². The molecule has 0 aromatic heterocycles. The maximum atomic E-state index is 9.85. The molecule has 0 aliphatic carbocycles. The molecule has 0 bridgehead atoms. The van der Waals surface area contributed by atoms with Gasteiger partial charge in [0.1, 0.15) is 18.8 Å². The van der Waals surface area contributed by atoms with E-state index in [1.54, 1.807) is 0 Å². The summed E-state index contributed by atoms with van der Waals surface area (Å²) in [6.07, 6.45) is 4.44. The van der Waals surface area contributed by atoms with Crippen LogP contribution in [0.15, 0.2) is 24.5 Å². The highest BCUT2D eigenvalue weighted by molar-refractivity contribution is 5.69. The van der Waals surface area contributed by atoms with Crippen LogP contribution in [0.4, 0.5) is 0 Å². The van der Waals surface area contributed by atoms with Crippen LogP contribution in [0.5, 0.6) is 0 Å². The Morgan fingerprint density at radius 2 is 2.38 bits per heavy atom. The van der Waals surface area contributed by atoms with E-state index >= 15 is 0 Å². The van der Waals surface area contributed by atoms with Crippen LogP contribution in [-0.2, 0) is 14.3 Å². The minimum absolute atomic E-state index is 0.188. The third kappa shape index (κ3) is 0.872. The van der Waals surface area contributed by atoms with Crippen LogP contribution in [-0.4, -0.2) is 6.29 Å². The SMILES string of the molecule is O=CC1=COC=CO1. The van der Waals surface area contributed by atoms with Gasteiger partial charge in [0.15, 0.2) is 6.29 Å². The number of allylic oxidation sites excluding steroid dienone is 1. The summed E-state index contributed by atoms with van der Waals surface area (Å²) >= 11 is 0. The molecule has 0 N–H and O–H groups in total. The van der Waals surface area contributed by atoms with Gasteiger partial charge in [-0.3, -0.25) is 4.79 Å². The first-order chi connectivity index (χ1) is 3.93. The molecule has 0 aromatic rings. The van der Waals surface area contributed by atoms with Gasteiger partial charge in [-0.1, -0.05) is 0 Å². The summed E-state index contributed by atoms with van der Waals surface area (Å²) in [7, 11) is 0. The molecule has 0 saturated carbocycles. The summed E-state index contributed by atoms with van der Waals surface area (Å²) < 4.78 is 9.19. The zero-order valence-electron chi connectivity index (χ0n) is 4.03. The molecule has 0 amide bonds. The molecule has 0 atom stereocenters. The number of hydrogen-bond donors (Lipinski definition) is 0. The average Bonchev–Trinajstić information content (AvgIpc) is 1.90. The highest BCUT2D eigenvalue weighted by Gasteiger charge is 1.95. The zero-order valence-corrected chi connectivity index (χ0v) is 4.03. The van der Waals surface area contributed by atoms with Crippen LogP contribution < -0.4 is 0 Å². The molecule has 0 saturated heterocycles. The van der Waals surface area contributed by atoms with Crippen molar-refractivity contribution in [2.24, 2.45) is 0 Å². The van der Waals surface area contributed by atoms with Crippen molar-refractivity contribution in [1.29, 1.82) is 0 Å². The smallest absolute Gasteiger partial charge is 0.201 e. The van der Waals surface area contributed by atoms with Crippen LogP contribution in [0.1, 0.15) is 0 Å². The maximum absolute atomic E-state index is 9.85. The highest BCUT2D eigenvalue weighted by atomic mass is 16.5. The maximum Gasteiger partial charge on any atom is 0.201 e.